The molecule has 4 nitrogen and oxygen atoms in total. The predicted octanol–water partition coefficient (Wildman–Crippen LogP) is 2.62. The van der Waals surface area contributed by atoms with Gasteiger partial charge in [-0.15, -0.1) is 0 Å². The van der Waals surface area contributed by atoms with Crippen LogP contribution in [0.1, 0.15) is 12.0 Å². The number of amides is 1. The lowest BCUT2D eigenvalue weighted by Crippen LogP contribution is -2.53. The summed E-state index contributed by atoms with van der Waals surface area (Å²) < 4.78 is 19.3. The van der Waals surface area contributed by atoms with Gasteiger partial charge in [-0.1, -0.05) is 36.4 Å². The van der Waals surface area contributed by atoms with Gasteiger partial charge >= 0.3 is 0 Å². The molecule has 132 valence electrons. The summed E-state index contributed by atoms with van der Waals surface area (Å²) >= 11 is 0. The summed E-state index contributed by atoms with van der Waals surface area (Å²) in [6.45, 7) is 1.99. The van der Waals surface area contributed by atoms with E-state index in [9.17, 15) is 9.18 Å². The molecule has 0 radical (unpaired) electrons. The summed E-state index contributed by atoms with van der Waals surface area (Å²) in [7, 11) is 0. The number of nitrogens with zero attached hydrogens (tertiary/aromatic N) is 1. The van der Waals surface area contributed by atoms with Crippen LogP contribution in [0.2, 0.25) is 0 Å². The van der Waals surface area contributed by atoms with E-state index >= 15 is 0 Å². The molecular weight excluding hydrogens is 319 g/mol. The van der Waals surface area contributed by atoms with Crippen molar-refractivity contribution in [2.75, 3.05) is 19.7 Å². The number of hydrogen-bond acceptors (Lipinski definition) is 3. The third kappa shape index (κ3) is 4.79. The second kappa shape index (κ2) is 8.12. The van der Waals surface area contributed by atoms with E-state index in [0.717, 1.165) is 5.75 Å². The number of carbonyl (C=O) groups excluding carboxylic acids is 1. The molecule has 0 saturated carbocycles. The van der Waals surface area contributed by atoms with Crippen LogP contribution in [-0.4, -0.2) is 36.5 Å². The van der Waals surface area contributed by atoms with Crippen molar-refractivity contribution in [1.29, 1.82) is 0 Å². The Morgan fingerprint density at radius 2 is 1.84 bits per heavy atom. The zero-order valence-electron chi connectivity index (χ0n) is 14.1. The minimum absolute atomic E-state index is 0.0276. The number of halogens is 1. The Labute approximate surface area is 147 Å². The van der Waals surface area contributed by atoms with E-state index in [4.69, 9.17) is 10.5 Å². The maximum Gasteiger partial charge on any atom is 0.224 e. The Morgan fingerprint density at radius 3 is 2.56 bits per heavy atom. The average molecular weight is 342 g/mol. The lowest BCUT2D eigenvalue weighted by atomic mass is 9.98. The fourth-order valence-corrected chi connectivity index (χ4v) is 2.98. The van der Waals surface area contributed by atoms with Crippen molar-refractivity contribution in [3.8, 4) is 5.75 Å². The zero-order chi connectivity index (χ0) is 17.6. The Hall–Kier alpha value is -2.40. The van der Waals surface area contributed by atoms with Crippen LogP contribution in [0.5, 0.6) is 5.75 Å². The third-order valence-corrected chi connectivity index (χ3v) is 4.42. The van der Waals surface area contributed by atoms with Crippen LogP contribution in [-0.2, 0) is 11.2 Å². The number of benzene rings is 2. The smallest absolute Gasteiger partial charge is 0.224 e. The number of carbonyl (C=O) groups is 1. The predicted molar refractivity (Wildman–Crippen MR) is 94.7 cm³/mol. The second-order valence-electron chi connectivity index (χ2n) is 6.55. The molecule has 2 aromatic rings. The topological polar surface area (TPSA) is 55.6 Å². The summed E-state index contributed by atoms with van der Waals surface area (Å²) in [5.41, 5.74) is 6.58. The Kier molecular flexibility index (Phi) is 5.66. The average Bonchev–Trinajstić information content (AvgIpc) is 2.56. The molecule has 1 saturated heterocycles. The molecule has 2 aromatic carbocycles. The standard InChI is InChI=1S/C20H23FN2O2/c21-19-9-5-4-6-16(19)10-17(22)11-20(24)23-12-15(13-23)14-25-18-7-2-1-3-8-18/h1-9,15,17H,10-14,22H2/t17-/m1/s1. The Morgan fingerprint density at radius 1 is 1.16 bits per heavy atom. The van der Waals surface area contributed by atoms with Gasteiger partial charge in [0.05, 0.1) is 6.61 Å². The van der Waals surface area contributed by atoms with Gasteiger partial charge in [-0.2, -0.15) is 0 Å². The van der Waals surface area contributed by atoms with E-state index in [0.29, 0.717) is 37.6 Å². The maximum atomic E-state index is 13.6. The van der Waals surface area contributed by atoms with E-state index in [1.807, 2.05) is 30.3 Å². The largest absolute Gasteiger partial charge is 0.493 e. The van der Waals surface area contributed by atoms with Gasteiger partial charge in [-0.05, 0) is 30.2 Å². The van der Waals surface area contributed by atoms with Gasteiger partial charge in [0.25, 0.3) is 0 Å². The Balaban J connectivity index is 1.38. The molecule has 1 amide bonds. The summed E-state index contributed by atoms with van der Waals surface area (Å²) in [6, 6.07) is 15.8. The second-order valence-corrected chi connectivity index (χ2v) is 6.55. The van der Waals surface area contributed by atoms with Crippen LogP contribution in [0.3, 0.4) is 0 Å². The molecule has 25 heavy (non-hydrogen) atoms. The number of hydrogen-bond donors (Lipinski definition) is 1. The number of likely N-dealkylation sites (tertiary alicyclic amines) is 1. The normalized spacial score (nSPS) is 15.5. The quantitative estimate of drug-likeness (QED) is 0.841. The minimum atomic E-state index is -0.371. The molecule has 0 aliphatic carbocycles. The first-order valence-corrected chi connectivity index (χ1v) is 8.56. The van der Waals surface area contributed by atoms with Crippen molar-refractivity contribution < 1.29 is 13.9 Å². The highest BCUT2D eigenvalue weighted by Crippen LogP contribution is 2.20. The highest BCUT2D eigenvalue weighted by Gasteiger charge is 2.31. The lowest BCUT2D eigenvalue weighted by molar-refractivity contribution is -0.138. The summed E-state index contributed by atoms with van der Waals surface area (Å²) in [5, 5.41) is 0. The SMILES string of the molecule is N[C@@H](CC(=O)N1CC(COc2ccccc2)C1)Cc1ccccc1F. The van der Waals surface area contributed by atoms with Crippen LogP contribution < -0.4 is 10.5 Å². The molecular formula is C20H23FN2O2. The molecule has 1 fully saturated rings. The molecule has 0 bridgehead atoms. The first kappa shape index (κ1) is 17.4. The number of para-hydroxylation sites is 1. The molecule has 1 aliphatic heterocycles. The molecule has 5 heteroatoms. The highest BCUT2D eigenvalue weighted by atomic mass is 19.1. The monoisotopic (exact) mass is 342 g/mol. The fourth-order valence-electron chi connectivity index (χ4n) is 2.98. The van der Waals surface area contributed by atoms with Crippen molar-refractivity contribution in [3.05, 3.63) is 66.0 Å². The van der Waals surface area contributed by atoms with Gasteiger partial charge in [0.2, 0.25) is 5.91 Å². The van der Waals surface area contributed by atoms with E-state index in [2.05, 4.69) is 0 Å². The van der Waals surface area contributed by atoms with Crippen molar-refractivity contribution in [2.45, 2.75) is 18.9 Å². The van der Waals surface area contributed by atoms with Gasteiger partial charge in [-0.25, -0.2) is 4.39 Å². The van der Waals surface area contributed by atoms with E-state index < -0.39 is 0 Å². The number of rotatable bonds is 7. The van der Waals surface area contributed by atoms with Gasteiger partial charge in [0.1, 0.15) is 11.6 Å². The minimum Gasteiger partial charge on any atom is -0.493 e. The highest BCUT2D eigenvalue weighted by molar-refractivity contribution is 5.77. The van der Waals surface area contributed by atoms with Crippen LogP contribution >= 0.6 is 0 Å². The van der Waals surface area contributed by atoms with E-state index in [-0.39, 0.29) is 24.2 Å². The summed E-state index contributed by atoms with van der Waals surface area (Å²) in [4.78, 5) is 14.0. The van der Waals surface area contributed by atoms with Crippen LogP contribution in [0, 0.1) is 11.7 Å². The molecule has 0 unspecified atom stereocenters. The molecule has 0 spiro atoms. The number of ether oxygens (including phenoxy) is 1. The molecule has 0 aromatic heterocycles. The van der Waals surface area contributed by atoms with Gasteiger partial charge in [0.15, 0.2) is 0 Å². The van der Waals surface area contributed by atoms with Crippen molar-refractivity contribution in [3.63, 3.8) is 0 Å². The molecule has 3 rings (SSSR count). The lowest BCUT2D eigenvalue weighted by Gasteiger charge is -2.39. The van der Waals surface area contributed by atoms with E-state index in [1.165, 1.54) is 6.07 Å². The fraction of sp³-hybridized carbons (Fsp3) is 0.350. The zero-order valence-corrected chi connectivity index (χ0v) is 14.1. The summed E-state index contributed by atoms with van der Waals surface area (Å²) in [6.07, 6.45) is 0.605. The van der Waals surface area contributed by atoms with Gasteiger partial charge in [0, 0.05) is 31.5 Å². The van der Waals surface area contributed by atoms with Crippen LogP contribution in [0.4, 0.5) is 4.39 Å². The first-order valence-electron chi connectivity index (χ1n) is 8.56. The van der Waals surface area contributed by atoms with Crippen molar-refractivity contribution >= 4 is 5.91 Å². The van der Waals surface area contributed by atoms with E-state index in [1.54, 1.807) is 23.1 Å². The Bertz CT molecular complexity index is 702. The third-order valence-electron chi connectivity index (χ3n) is 4.42. The number of nitrogens with two attached hydrogens (primary N) is 1. The van der Waals surface area contributed by atoms with Gasteiger partial charge in [-0.3, -0.25) is 4.79 Å². The van der Waals surface area contributed by atoms with Crippen LogP contribution in [0.25, 0.3) is 0 Å². The van der Waals surface area contributed by atoms with Crippen molar-refractivity contribution in [1.82, 2.24) is 4.90 Å². The molecule has 2 N–H and O–H groups in total. The maximum absolute atomic E-state index is 13.6. The van der Waals surface area contributed by atoms with Gasteiger partial charge < -0.3 is 15.4 Å². The molecule has 1 aliphatic rings. The van der Waals surface area contributed by atoms with Crippen molar-refractivity contribution in [2.24, 2.45) is 11.7 Å². The first-order chi connectivity index (χ1) is 12.1. The van der Waals surface area contributed by atoms with Crippen LogP contribution in [0.15, 0.2) is 54.6 Å². The molecule has 1 heterocycles. The summed E-state index contributed by atoms with van der Waals surface area (Å²) in [5.74, 6) is 0.957. The molecule has 1 atom stereocenters.